The SMILES string of the molecule is Cc1ccc(N=Cc2ccc(Sc3ccc(C)cc3)c([N+](=O)[O-])c2)cc1. The maximum Gasteiger partial charge on any atom is 0.283 e. The van der Waals surface area contributed by atoms with Gasteiger partial charge < -0.3 is 0 Å². The van der Waals surface area contributed by atoms with Crippen molar-refractivity contribution in [3.63, 3.8) is 0 Å². The van der Waals surface area contributed by atoms with Crippen LogP contribution in [-0.2, 0) is 0 Å². The molecule has 0 aliphatic rings. The van der Waals surface area contributed by atoms with Crippen LogP contribution >= 0.6 is 11.8 Å². The molecular formula is C21H18N2O2S. The molecule has 0 heterocycles. The van der Waals surface area contributed by atoms with Gasteiger partial charge in [-0.3, -0.25) is 15.1 Å². The average molecular weight is 362 g/mol. The molecule has 0 fully saturated rings. The third-order valence-corrected chi connectivity index (χ3v) is 4.90. The number of benzene rings is 3. The molecule has 0 spiro atoms. The Kier molecular flexibility index (Phi) is 5.49. The second-order valence-corrected chi connectivity index (χ2v) is 7.11. The quantitative estimate of drug-likeness (QED) is 0.312. The third kappa shape index (κ3) is 4.58. The summed E-state index contributed by atoms with van der Waals surface area (Å²) >= 11 is 1.39. The zero-order valence-corrected chi connectivity index (χ0v) is 15.4. The number of nitro groups is 1. The van der Waals surface area contributed by atoms with Crippen molar-refractivity contribution in [2.75, 3.05) is 0 Å². The molecular weight excluding hydrogens is 344 g/mol. The first-order valence-corrected chi connectivity index (χ1v) is 8.96. The molecule has 0 N–H and O–H groups in total. The molecule has 0 aliphatic carbocycles. The number of aliphatic imine (C=N–C) groups is 1. The maximum atomic E-state index is 11.5. The van der Waals surface area contributed by atoms with E-state index in [1.165, 1.54) is 11.8 Å². The highest BCUT2D eigenvalue weighted by Gasteiger charge is 2.15. The smallest absolute Gasteiger partial charge is 0.258 e. The number of rotatable bonds is 5. The molecule has 5 heteroatoms. The maximum absolute atomic E-state index is 11.5. The topological polar surface area (TPSA) is 55.5 Å². The Bertz CT molecular complexity index is 949. The van der Waals surface area contributed by atoms with Crippen molar-refractivity contribution >= 4 is 29.4 Å². The monoisotopic (exact) mass is 362 g/mol. The van der Waals surface area contributed by atoms with Crippen molar-refractivity contribution in [3.8, 4) is 0 Å². The summed E-state index contributed by atoms with van der Waals surface area (Å²) in [5, 5.41) is 11.5. The molecule has 0 radical (unpaired) electrons. The Morgan fingerprint density at radius 3 is 2.15 bits per heavy atom. The minimum Gasteiger partial charge on any atom is -0.258 e. The first-order chi connectivity index (χ1) is 12.5. The highest BCUT2D eigenvalue weighted by Crippen LogP contribution is 2.35. The third-order valence-electron chi connectivity index (χ3n) is 3.83. The van der Waals surface area contributed by atoms with E-state index in [0.29, 0.717) is 10.5 Å². The lowest BCUT2D eigenvalue weighted by Gasteiger charge is -2.04. The largest absolute Gasteiger partial charge is 0.283 e. The van der Waals surface area contributed by atoms with Gasteiger partial charge in [0, 0.05) is 17.2 Å². The second-order valence-electron chi connectivity index (χ2n) is 5.99. The summed E-state index contributed by atoms with van der Waals surface area (Å²) in [5.41, 5.74) is 3.92. The molecule has 0 amide bonds. The van der Waals surface area contributed by atoms with E-state index < -0.39 is 0 Å². The van der Waals surface area contributed by atoms with Crippen LogP contribution in [0.3, 0.4) is 0 Å². The summed E-state index contributed by atoms with van der Waals surface area (Å²) in [6.07, 6.45) is 1.65. The van der Waals surface area contributed by atoms with Crippen LogP contribution in [0.25, 0.3) is 0 Å². The van der Waals surface area contributed by atoms with Crippen LogP contribution in [0.4, 0.5) is 11.4 Å². The van der Waals surface area contributed by atoms with Crippen LogP contribution in [0.5, 0.6) is 0 Å². The number of nitro benzene ring substituents is 1. The number of aryl methyl sites for hydroxylation is 2. The van der Waals surface area contributed by atoms with Crippen molar-refractivity contribution < 1.29 is 4.92 Å². The van der Waals surface area contributed by atoms with Crippen molar-refractivity contribution in [3.05, 3.63) is 93.5 Å². The Labute approximate surface area is 156 Å². The van der Waals surface area contributed by atoms with Gasteiger partial charge in [-0.1, -0.05) is 53.2 Å². The zero-order valence-electron chi connectivity index (χ0n) is 14.5. The Balaban J connectivity index is 1.85. The van der Waals surface area contributed by atoms with Gasteiger partial charge in [-0.15, -0.1) is 0 Å². The molecule has 130 valence electrons. The average Bonchev–Trinajstić information content (AvgIpc) is 2.64. The normalized spacial score (nSPS) is 11.0. The summed E-state index contributed by atoms with van der Waals surface area (Å²) in [5.74, 6) is 0. The zero-order chi connectivity index (χ0) is 18.5. The van der Waals surface area contributed by atoms with E-state index in [9.17, 15) is 10.1 Å². The van der Waals surface area contributed by atoms with Gasteiger partial charge in [0.2, 0.25) is 0 Å². The van der Waals surface area contributed by atoms with Crippen LogP contribution in [0, 0.1) is 24.0 Å². The second kappa shape index (κ2) is 7.97. The first kappa shape index (κ1) is 17.9. The van der Waals surface area contributed by atoms with Crippen molar-refractivity contribution in [1.82, 2.24) is 0 Å². The molecule has 3 aromatic carbocycles. The van der Waals surface area contributed by atoms with Gasteiger partial charge in [-0.25, -0.2) is 0 Å². The molecule has 0 saturated carbocycles. The van der Waals surface area contributed by atoms with Gasteiger partial charge in [0.15, 0.2) is 0 Å². The number of hydrogen-bond donors (Lipinski definition) is 0. The summed E-state index contributed by atoms with van der Waals surface area (Å²) in [4.78, 5) is 17.1. The molecule has 0 unspecified atom stereocenters. The molecule has 4 nitrogen and oxygen atoms in total. The predicted octanol–water partition coefficient (Wildman–Crippen LogP) is 6.11. The number of nitrogens with zero attached hydrogens (tertiary/aromatic N) is 2. The fourth-order valence-electron chi connectivity index (χ4n) is 2.36. The molecule has 0 aliphatic heterocycles. The molecule has 0 aromatic heterocycles. The van der Waals surface area contributed by atoms with E-state index in [1.807, 2.05) is 68.4 Å². The predicted molar refractivity (Wildman–Crippen MR) is 107 cm³/mol. The fourth-order valence-corrected chi connectivity index (χ4v) is 3.26. The van der Waals surface area contributed by atoms with Gasteiger partial charge in [0.1, 0.15) is 0 Å². The van der Waals surface area contributed by atoms with E-state index in [-0.39, 0.29) is 10.6 Å². The lowest BCUT2D eigenvalue weighted by molar-refractivity contribution is -0.387. The molecule has 3 aromatic rings. The lowest BCUT2D eigenvalue weighted by Crippen LogP contribution is -1.93. The number of hydrogen-bond acceptors (Lipinski definition) is 4. The van der Waals surface area contributed by atoms with Crippen molar-refractivity contribution in [2.24, 2.45) is 4.99 Å². The Morgan fingerprint density at radius 1 is 0.923 bits per heavy atom. The van der Waals surface area contributed by atoms with E-state index in [2.05, 4.69) is 4.99 Å². The van der Waals surface area contributed by atoms with Gasteiger partial charge in [-0.2, -0.15) is 0 Å². The first-order valence-electron chi connectivity index (χ1n) is 8.15. The van der Waals surface area contributed by atoms with E-state index >= 15 is 0 Å². The van der Waals surface area contributed by atoms with E-state index in [0.717, 1.165) is 21.7 Å². The minimum absolute atomic E-state index is 0.0865. The van der Waals surface area contributed by atoms with Crippen LogP contribution < -0.4 is 0 Å². The molecule has 0 atom stereocenters. The highest BCUT2D eigenvalue weighted by molar-refractivity contribution is 7.99. The highest BCUT2D eigenvalue weighted by atomic mass is 32.2. The summed E-state index contributed by atoms with van der Waals surface area (Å²) < 4.78 is 0. The molecule has 3 rings (SSSR count). The van der Waals surface area contributed by atoms with Crippen LogP contribution in [0.15, 0.2) is 81.5 Å². The van der Waals surface area contributed by atoms with E-state index in [4.69, 9.17) is 0 Å². The lowest BCUT2D eigenvalue weighted by atomic mass is 10.2. The van der Waals surface area contributed by atoms with Crippen LogP contribution in [0.1, 0.15) is 16.7 Å². The summed E-state index contributed by atoms with van der Waals surface area (Å²) in [7, 11) is 0. The minimum atomic E-state index is -0.347. The van der Waals surface area contributed by atoms with Crippen LogP contribution in [-0.4, -0.2) is 11.1 Å². The van der Waals surface area contributed by atoms with Crippen molar-refractivity contribution in [2.45, 2.75) is 23.6 Å². The van der Waals surface area contributed by atoms with Gasteiger partial charge in [0.25, 0.3) is 5.69 Å². The standard InChI is InChI=1S/C21H18N2O2S/c1-15-3-8-18(9-4-15)22-14-17-7-12-21(20(13-17)23(24)25)26-19-10-5-16(2)6-11-19/h3-14H,1-2H3. The van der Waals surface area contributed by atoms with Gasteiger partial charge >= 0.3 is 0 Å². The van der Waals surface area contributed by atoms with E-state index in [1.54, 1.807) is 18.3 Å². The Morgan fingerprint density at radius 2 is 1.54 bits per heavy atom. The van der Waals surface area contributed by atoms with Crippen molar-refractivity contribution in [1.29, 1.82) is 0 Å². The van der Waals surface area contributed by atoms with Gasteiger partial charge in [0.05, 0.1) is 15.5 Å². The molecule has 0 saturated heterocycles. The summed E-state index contributed by atoms with van der Waals surface area (Å²) in [6.45, 7) is 4.03. The van der Waals surface area contributed by atoms with Crippen LogP contribution in [0.2, 0.25) is 0 Å². The fraction of sp³-hybridized carbons (Fsp3) is 0.0952. The Hall–Kier alpha value is -2.92. The molecule has 26 heavy (non-hydrogen) atoms. The molecule has 0 bridgehead atoms. The van der Waals surface area contributed by atoms with Gasteiger partial charge in [-0.05, 0) is 49.7 Å². The summed E-state index contributed by atoms with van der Waals surface area (Å²) in [6, 6.07) is 20.9.